The first-order valence-corrected chi connectivity index (χ1v) is 7.67. The van der Waals surface area contributed by atoms with E-state index in [2.05, 4.69) is 12.2 Å². The first-order valence-electron chi connectivity index (χ1n) is 7.67. The van der Waals surface area contributed by atoms with Crippen molar-refractivity contribution in [1.29, 1.82) is 0 Å². The largest absolute Gasteiger partial charge is 0.480 e. The molecule has 2 unspecified atom stereocenters. The Balaban J connectivity index is 2.03. The Morgan fingerprint density at radius 1 is 1.22 bits per heavy atom. The maximum absolute atomic E-state index is 11.7. The molecular weight excluding hydrogens is 226 g/mol. The van der Waals surface area contributed by atoms with E-state index in [1.165, 1.54) is 25.7 Å². The van der Waals surface area contributed by atoms with Gasteiger partial charge in [-0.25, -0.2) is 0 Å². The van der Waals surface area contributed by atoms with Crippen molar-refractivity contribution in [3.8, 4) is 0 Å². The topological polar surface area (TPSA) is 49.3 Å². The monoisotopic (exact) mass is 253 g/mol. The van der Waals surface area contributed by atoms with Crippen molar-refractivity contribution in [1.82, 2.24) is 5.32 Å². The maximum Gasteiger partial charge on any atom is 0.323 e. The lowest BCUT2D eigenvalue weighted by Gasteiger charge is -2.41. The third kappa shape index (κ3) is 3.05. The van der Waals surface area contributed by atoms with Gasteiger partial charge < -0.3 is 5.11 Å². The highest BCUT2D eigenvalue weighted by Crippen LogP contribution is 2.36. The molecule has 3 heteroatoms. The molecule has 2 atom stereocenters. The highest BCUT2D eigenvalue weighted by Gasteiger charge is 2.43. The van der Waals surface area contributed by atoms with Crippen molar-refractivity contribution in [3.05, 3.63) is 0 Å². The van der Waals surface area contributed by atoms with Crippen LogP contribution in [0, 0.1) is 5.92 Å². The molecule has 0 aromatic heterocycles. The molecule has 2 rings (SSSR count). The summed E-state index contributed by atoms with van der Waals surface area (Å²) < 4.78 is 0. The van der Waals surface area contributed by atoms with Crippen LogP contribution in [0.4, 0.5) is 0 Å². The lowest BCUT2D eigenvalue weighted by atomic mass is 9.74. The van der Waals surface area contributed by atoms with E-state index in [0.29, 0.717) is 12.0 Å². The first kappa shape index (κ1) is 13.9. The zero-order valence-electron chi connectivity index (χ0n) is 11.6. The number of nitrogens with one attached hydrogen (secondary N) is 1. The first-order chi connectivity index (χ1) is 8.66. The highest BCUT2D eigenvalue weighted by molar-refractivity contribution is 5.79. The standard InChI is InChI=1S/C15H27NO2/c1-2-12-7-6-10-15(11-12,14(17)18)16-13-8-4-3-5-9-13/h12-13,16H,2-11H2,1H3,(H,17,18). The summed E-state index contributed by atoms with van der Waals surface area (Å²) in [5.74, 6) is -0.0304. The van der Waals surface area contributed by atoms with Crippen molar-refractivity contribution >= 4 is 5.97 Å². The van der Waals surface area contributed by atoms with Crippen LogP contribution in [0.3, 0.4) is 0 Å². The van der Waals surface area contributed by atoms with E-state index in [1.807, 2.05) is 0 Å². The Bertz CT molecular complexity index is 286. The molecule has 2 fully saturated rings. The van der Waals surface area contributed by atoms with Crippen molar-refractivity contribution in [2.75, 3.05) is 0 Å². The van der Waals surface area contributed by atoms with Gasteiger partial charge in [0.2, 0.25) is 0 Å². The van der Waals surface area contributed by atoms with Crippen molar-refractivity contribution in [3.63, 3.8) is 0 Å². The zero-order chi connectivity index (χ0) is 13.0. The Kier molecular flexibility index (Phi) is 4.66. The predicted molar refractivity (Wildman–Crippen MR) is 72.6 cm³/mol. The minimum Gasteiger partial charge on any atom is -0.480 e. The van der Waals surface area contributed by atoms with Crippen LogP contribution in [0.15, 0.2) is 0 Å². The fraction of sp³-hybridized carbons (Fsp3) is 0.933. The number of hydrogen-bond acceptors (Lipinski definition) is 2. The molecule has 0 radical (unpaired) electrons. The normalized spacial score (nSPS) is 34.4. The number of aliphatic carboxylic acids is 1. The van der Waals surface area contributed by atoms with Crippen LogP contribution in [-0.4, -0.2) is 22.7 Å². The number of rotatable bonds is 4. The summed E-state index contributed by atoms with van der Waals surface area (Å²) in [6, 6.07) is 0.436. The summed E-state index contributed by atoms with van der Waals surface area (Å²) in [5, 5.41) is 13.2. The van der Waals surface area contributed by atoms with E-state index >= 15 is 0 Å². The van der Waals surface area contributed by atoms with Gasteiger partial charge in [0.15, 0.2) is 0 Å². The zero-order valence-corrected chi connectivity index (χ0v) is 11.6. The third-order valence-electron chi connectivity index (χ3n) is 4.93. The second-order valence-electron chi connectivity index (χ2n) is 6.24. The Morgan fingerprint density at radius 3 is 2.56 bits per heavy atom. The van der Waals surface area contributed by atoms with Gasteiger partial charge in [-0.1, -0.05) is 45.4 Å². The molecule has 0 aromatic rings. The average Bonchev–Trinajstić information content (AvgIpc) is 2.40. The van der Waals surface area contributed by atoms with Crippen LogP contribution < -0.4 is 5.32 Å². The molecule has 0 aromatic carbocycles. The van der Waals surface area contributed by atoms with Gasteiger partial charge in [0, 0.05) is 6.04 Å². The van der Waals surface area contributed by atoms with Gasteiger partial charge in [-0.3, -0.25) is 10.1 Å². The van der Waals surface area contributed by atoms with Crippen LogP contribution in [0.2, 0.25) is 0 Å². The van der Waals surface area contributed by atoms with Gasteiger partial charge in [-0.15, -0.1) is 0 Å². The van der Waals surface area contributed by atoms with Gasteiger partial charge in [-0.05, 0) is 31.6 Å². The summed E-state index contributed by atoms with van der Waals surface area (Å²) in [6.07, 6.45) is 11.2. The summed E-state index contributed by atoms with van der Waals surface area (Å²) >= 11 is 0. The Morgan fingerprint density at radius 2 is 1.94 bits per heavy atom. The molecule has 2 aliphatic rings. The molecule has 2 N–H and O–H groups in total. The summed E-state index contributed by atoms with van der Waals surface area (Å²) in [5.41, 5.74) is -0.624. The van der Waals surface area contributed by atoms with E-state index in [-0.39, 0.29) is 0 Å². The van der Waals surface area contributed by atoms with Crippen molar-refractivity contribution in [2.24, 2.45) is 5.92 Å². The lowest BCUT2D eigenvalue weighted by molar-refractivity contribution is -0.148. The fourth-order valence-corrected chi connectivity index (χ4v) is 3.76. The number of carboxylic acids is 1. The van der Waals surface area contributed by atoms with Crippen LogP contribution in [0.1, 0.15) is 71.1 Å². The average molecular weight is 253 g/mol. The summed E-state index contributed by atoms with van der Waals surface area (Å²) in [4.78, 5) is 11.7. The molecule has 0 amide bonds. The fourth-order valence-electron chi connectivity index (χ4n) is 3.76. The minimum absolute atomic E-state index is 0.436. The Labute approximate surface area is 110 Å². The van der Waals surface area contributed by atoms with Crippen LogP contribution in [0.5, 0.6) is 0 Å². The molecule has 2 saturated carbocycles. The molecule has 0 saturated heterocycles. The molecular formula is C15H27NO2. The molecule has 3 nitrogen and oxygen atoms in total. The quantitative estimate of drug-likeness (QED) is 0.808. The smallest absolute Gasteiger partial charge is 0.323 e. The summed E-state index contributed by atoms with van der Waals surface area (Å²) in [7, 11) is 0. The summed E-state index contributed by atoms with van der Waals surface area (Å²) in [6.45, 7) is 2.18. The molecule has 104 valence electrons. The second-order valence-corrected chi connectivity index (χ2v) is 6.24. The predicted octanol–water partition coefficient (Wildman–Crippen LogP) is 3.33. The van der Waals surface area contributed by atoms with Crippen molar-refractivity contribution < 1.29 is 9.90 Å². The molecule has 0 spiro atoms. The number of carbonyl (C=O) groups is 1. The Hall–Kier alpha value is -0.570. The van der Waals surface area contributed by atoms with E-state index in [0.717, 1.165) is 38.5 Å². The highest BCUT2D eigenvalue weighted by atomic mass is 16.4. The van der Waals surface area contributed by atoms with Crippen LogP contribution in [-0.2, 0) is 4.79 Å². The van der Waals surface area contributed by atoms with Gasteiger partial charge in [0.05, 0.1) is 0 Å². The van der Waals surface area contributed by atoms with Gasteiger partial charge in [0.1, 0.15) is 5.54 Å². The lowest BCUT2D eigenvalue weighted by Crippen LogP contribution is -2.58. The van der Waals surface area contributed by atoms with Crippen LogP contribution in [0.25, 0.3) is 0 Å². The van der Waals surface area contributed by atoms with E-state index in [9.17, 15) is 9.90 Å². The van der Waals surface area contributed by atoms with Gasteiger partial charge in [0.25, 0.3) is 0 Å². The third-order valence-corrected chi connectivity index (χ3v) is 4.93. The number of carboxylic acid groups (broad SMARTS) is 1. The maximum atomic E-state index is 11.7. The minimum atomic E-state index is -0.624. The van der Waals surface area contributed by atoms with Gasteiger partial charge >= 0.3 is 5.97 Å². The van der Waals surface area contributed by atoms with E-state index in [4.69, 9.17) is 0 Å². The van der Waals surface area contributed by atoms with Crippen molar-refractivity contribution in [2.45, 2.75) is 82.7 Å². The second kappa shape index (κ2) is 6.05. The molecule has 0 heterocycles. The van der Waals surface area contributed by atoms with E-state index in [1.54, 1.807) is 0 Å². The van der Waals surface area contributed by atoms with E-state index < -0.39 is 11.5 Å². The number of hydrogen-bond donors (Lipinski definition) is 2. The molecule has 0 bridgehead atoms. The van der Waals surface area contributed by atoms with Gasteiger partial charge in [-0.2, -0.15) is 0 Å². The molecule has 2 aliphatic carbocycles. The SMILES string of the molecule is CCC1CCCC(NC2CCCCC2)(C(=O)O)C1. The molecule has 0 aliphatic heterocycles. The van der Waals surface area contributed by atoms with Crippen LogP contribution >= 0.6 is 0 Å². The molecule has 18 heavy (non-hydrogen) atoms.